The van der Waals surface area contributed by atoms with Gasteiger partial charge in [-0.05, 0) is 77.0 Å². The monoisotopic (exact) mass is 626 g/mol. The maximum absolute atomic E-state index is 10.2. The number of aliphatic carboxylic acids is 2. The van der Waals surface area contributed by atoms with Crippen LogP contribution < -0.4 is 10.2 Å². The summed E-state index contributed by atoms with van der Waals surface area (Å²) in [5, 5.41) is 20.4. The van der Waals surface area contributed by atoms with Crippen LogP contribution in [-0.4, -0.2) is 11.9 Å². The molecular weight excluding hydrogens is 562 g/mol. The Morgan fingerprint density at radius 2 is 0.610 bits per heavy atom. The molecule has 0 aliphatic carbocycles. The van der Waals surface area contributed by atoms with Crippen LogP contribution in [0.4, 0.5) is 0 Å². The van der Waals surface area contributed by atoms with E-state index in [0.717, 1.165) is 25.7 Å². The van der Waals surface area contributed by atoms with E-state index in [1.54, 1.807) is 0 Å². The van der Waals surface area contributed by atoms with Crippen LogP contribution in [-0.2, 0) is 29.1 Å². The zero-order chi connectivity index (χ0) is 29.8. The number of carboxylic acids is 2. The number of rotatable bonds is 30. The van der Waals surface area contributed by atoms with E-state index in [4.69, 9.17) is 0 Å². The molecule has 0 spiro atoms. The summed E-state index contributed by atoms with van der Waals surface area (Å²) in [6, 6.07) is 0. The predicted molar refractivity (Wildman–Crippen MR) is 169 cm³/mol. The minimum absolute atomic E-state index is 0. The molecule has 0 unspecified atom stereocenters. The van der Waals surface area contributed by atoms with Gasteiger partial charge in [-0.25, -0.2) is 0 Å². The fourth-order valence-corrected chi connectivity index (χ4v) is 4.68. The fourth-order valence-electron chi connectivity index (χ4n) is 4.68. The molecule has 236 valence electrons. The first-order valence-electron chi connectivity index (χ1n) is 17.2. The molecule has 5 heteroatoms. The van der Waals surface area contributed by atoms with Crippen molar-refractivity contribution < 1.29 is 39.3 Å². The van der Waals surface area contributed by atoms with Crippen molar-refractivity contribution in [1.82, 2.24) is 0 Å². The summed E-state index contributed by atoms with van der Waals surface area (Å²) in [6.07, 6.45) is 41.8. The van der Waals surface area contributed by atoms with Crippen molar-refractivity contribution in [2.24, 2.45) is 0 Å². The van der Waals surface area contributed by atoms with Gasteiger partial charge < -0.3 is 19.8 Å². The summed E-state index contributed by atoms with van der Waals surface area (Å²) in [5.74, 6) is -1.82. The van der Waals surface area contributed by atoms with Crippen LogP contribution in [0.15, 0.2) is 24.3 Å². The Labute approximate surface area is 268 Å². The predicted octanol–water partition coefficient (Wildman–Crippen LogP) is 9.55. The van der Waals surface area contributed by atoms with Crippen molar-refractivity contribution in [3.05, 3.63) is 24.3 Å². The first kappa shape index (κ1) is 44.5. The van der Waals surface area contributed by atoms with E-state index in [2.05, 4.69) is 38.2 Å². The molecule has 0 bridgehead atoms. The molecule has 0 aromatic carbocycles. The van der Waals surface area contributed by atoms with Crippen molar-refractivity contribution in [1.29, 1.82) is 0 Å². The molecule has 0 rings (SSSR count). The summed E-state index contributed by atoms with van der Waals surface area (Å²) in [5.41, 5.74) is 0. The van der Waals surface area contributed by atoms with E-state index in [-0.39, 0.29) is 32.3 Å². The maximum Gasteiger partial charge on any atom is 2.00 e. The number of carbonyl (C=O) groups is 2. The minimum Gasteiger partial charge on any atom is -0.550 e. The van der Waals surface area contributed by atoms with Gasteiger partial charge in [0.25, 0.3) is 0 Å². The molecule has 4 nitrogen and oxygen atoms in total. The quantitative estimate of drug-likeness (QED) is 0.0451. The van der Waals surface area contributed by atoms with E-state index in [1.807, 2.05) is 0 Å². The van der Waals surface area contributed by atoms with Gasteiger partial charge in [-0.3, -0.25) is 0 Å². The van der Waals surface area contributed by atoms with E-state index in [9.17, 15) is 19.8 Å². The van der Waals surface area contributed by atoms with E-state index in [0.29, 0.717) is 0 Å². The Morgan fingerprint density at radius 3 is 0.854 bits per heavy atom. The van der Waals surface area contributed by atoms with Gasteiger partial charge >= 0.3 is 19.5 Å². The maximum atomic E-state index is 10.2. The molecule has 0 atom stereocenters. The molecule has 0 saturated heterocycles. The zero-order valence-corrected chi connectivity index (χ0v) is 30.4. The van der Waals surface area contributed by atoms with Gasteiger partial charge in [-0.2, -0.15) is 0 Å². The van der Waals surface area contributed by atoms with E-state index < -0.39 is 11.9 Å². The Morgan fingerprint density at radius 1 is 0.390 bits per heavy atom. The SMILES string of the molecule is CCCCCCC=CCCCCCCCCCC(=O)[O-].CCCCCCC=CCCCCCCCCCC(=O)[O-].[Zn+2]. The van der Waals surface area contributed by atoms with Gasteiger partial charge in [0, 0.05) is 11.9 Å². The number of hydrogen-bond acceptors (Lipinski definition) is 4. The smallest absolute Gasteiger partial charge is 0.550 e. The topological polar surface area (TPSA) is 80.3 Å². The van der Waals surface area contributed by atoms with Gasteiger partial charge in [-0.15, -0.1) is 0 Å². The molecule has 0 aliphatic heterocycles. The minimum atomic E-state index is -0.911. The summed E-state index contributed by atoms with van der Waals surface area (Å²) < 4.78 is 0. The van der Waals surface area contributed by atoms with E-state index in [1.165, 1.54) is 141 Å². The normalized spacial score (nSPS) is 11.0. The van der Waals surface area contributed by atoms with Gasteiger partial charge in [0.05, 0.1) is 0 Å². The van der Waals surface area contributed by atoms with E-state index >= 15 is 0 Å². The summed E-state index contributed by atoms with van der Waals surface area (Å²) in [4.78, 5) is 20.4. The van der Waals surface area contributed by atoms with Gasteiger partial charge in [-0.1, -0.05) is 141 Å². The number of carbonyl (C=O) groups excluding carboxylic acids is 2. The molecule has 0 saturated carbocycles. The number of hydrogen-bond donors (Lipinski definition) is 0. The average Bonchev–Trinajstić information content (AvgIpc) is 2.93. The molecule has 0 aliphatic rings. The van der Waals surface area contributed by atoms with Gasteiger partial charge in [0.15, 0.2) is 0 Å². The van der Waals surface area contributed by atoms with Crippen LogP contribution in [0.2, 0.25) is 0 Å². The zero-order valence-electron chi connectivity index (χ0n) is 27.4. The van der Waals surface area contributed by atoms with Gasteiger partial charge in [0.2, 0.25) is 0 Å². The second-order valence-electron chi connectivity index (χ2n) is 11.4. The van der Waals surface area contributed by atoms with Crippen LogP contribution in [0.1, 0.15) is 194 Å². The number of unbranched alkanes of at least 4 members (excludes halogenated alkanes) is 22. The van der Waals surface area contributed by atoms with Crippen LogP contribution in [0.25, 0.3) is 0 Å². The standard InChI is InChI=1S/2C18H34O2.Zn/c2*1-2-3-4-5-6-7-8-9-10-11-12-13-14-15-16-17-18(19)20;/h2*7-8H,2-6,9-17H2,1H3,(H,19,20);/q;;+2/p-2. The fraction of sp³-hybridized carbons (Fsp3) is 0.833. The van der Waals surface area contributed by atoms with Crippen molar-refractivity contribution in [3.63, 3.8) is 0 Å². The third-order valence-corrected chi connectivity index (χ3v) is 7.29. The molecule has 0 aromatic rings. The van der Waals surface area contributed by atoms with Crippen molar-refractivity contribution in [2.75, 3.05) is 0 Å². The largest absolute Gasteiger partial charge is 2.00 e. The van der Waals surface area contributed by atoms with Crippen LogP contribution in [0, 0.1) is 0 Å². The first-order chi connectivity index (χ1) is 19.5. The van der Waals surface area contributed by atoms with Crippen LogP contribution in [0.3, 0.4) is 0 Å². The number of carboxylic acid groups (broad SMARTS) is 2. The van der Waals surface area contributed by atoms with Crippen LogP contribution >= 0.6 is 0 Å². The third kappa shape index (κ3) is 49.1. The molecular formula is C36H66O4Zn. The Balaban J connectivity index is -0.000000688. The van der Waals surface area contributed by atoms with Crippen molar-refractivity contribution in [2.45, 2.75) is 194 Å². The van der Waals surface area contributed by atoms with Crippen molar-refractivity contribution >= 4 is 11.9 Å². The molecule has 0 heterocycles. The Kier molecular flexibility index (Phi) is 44.7. The second kappa shape index (κ2) is 41.2. The molecule has 0 amide bonds. The molecule has 0 N–H and O–H groups in total. The second-order valence-corrected chi connectivity index (χ2v) is 11.4. The molecule has 0 radical (unpaired) electrons. The molecule has 41 heavy (non-hydrogen) atoms. The summed E-state index contributed by atoms with van der Waals surface area (Å²) in [7, 11) is 0. The third-order valence-electron chi connectivity index (χ3n) is 7.29. The summed E-state index contributed by atoms with van der Waals surface area (Å²) >= 11 is 0. The van der Waals surface area contributed by atoms with Crippen LogP contribution in [0.5, 0.6) is 0 Å². The number of allylic oxidation sites excluding steroid dienone is 4. The Bertz CT molecular complexity index is 524. The van der Waals surface area contributed by atoms with Crippen molar-refractivity contribution in [3.8, 4) is 0 Å². The summed E-state index contributed by atoms with van der Waals surface area (Å²) in [6.45, 7) is 4.50. The Hall–Kier alpha value is -0.957. The van der Waals surface area contributed by atoms with Gasteiger partial charge in [0.1, 0.15) is 0 Å². The average molecular weight is 628 g/mol. The molecule has 0 aromatic heterocycles. The first-order valence-corrected chi connectivity index (χ1v) is 17.2. The molecule has 0 fully saturated rings.